The van der Waals surface area contributed by atoms with Gasteiger partial charge in [0.1, 0.15) is 19.0 Å². The summed E-state index contributed by atoms with van der Waals surface area (Å²) in [6, 6.07) is 20.6. The summed E-state index contributed by atoms with van der Waals surface area (Å²) < 4.78 is 17.9. The van der Waals surface area contributed by atoms with Crippen LogP contribution in [0, 0.1) is 3.95 Å². The van der Waals surface area contributed by atoms with Gasteiger partial charge in [-0.05, 0) is 79.4 Å². The van der Waals surface area contributed by atoms with Crippen molar-refractivity contribution in [3.05, 3.63) is 92.9 Å². The molecule has 1 amide bonds. The van der Waals surface area contributed by atoms with E-state index in [4.69, 9.17) is 26.4 Å². The second-order valence-corrected chi connectivity index (χ2v) is 10.5. The average Bonchev–Trinajstić information content (AvgIpc) is 3.31. The van der Waals surface area contributed by atoms with Gasteiger partial charge in [-0.25, -0.2) is 0 Å². The number of nitrogens with one attached hydrogen (secondary N) is 1. The van der Waals surface area contributed by atoms with Crippen molar-refractivity contribution in [2.45, 2.75) is 26.2 Å². The van der Waals surface area contributed by atoms with Gasteiger partial charge >= 0.3 is 0 Å². The maximum absolute atomic E-state index is 12.5. The van der Waals surface area contributed by atoms with Crippen molar-refractivity contribution in [2.75, 3.05) is 12.4 Å². The lowest BCUT2D eigenvalue weighted by molar-refractivity contribution is -0.115. The second kappa shape index (κ2) is 12.6. The van der Waals surface area contributed by atoms with Crippen molar-refractivity contribution in [3.8, 4) is 17.2 Å². The molecule has 3 aromatic carbocycles. The fraction of sp³-hybridized carbons (Fsp3) is 0.192. The Morgan fingerprint density at radius 3 is 2.11 bits per heavy atom. The first-order valence-electron chi connectivity index (χ1n) is 11.0. The lowest BCUT2D eigenvalue weighted by Crippen LogP contribution is -2.14. The van der Waals surface area contributed by atoms with Crippen molar-refractivity contribution in [3.63, 3.8) is 0 Å². The molecule has 2 N–H and O–H groups in total. The molecule has 0 aliphatic rings. The summed E-state index contributed by atoms with van der Waals surface area (Å²) in [5.41, 5.74) is 3.53. The van der Waals surface area contributed by atoms with Crippen LogP contribution in [0.5, 0.6) is 17.2 Å². The van der Waals surface area contributed by atoms with Gasteiger partial charge < -0.3 is 24.6 Å². The number of hydrogen-bond donors (Lipinski definition) is 2. The van der Waals surface area contributed by atoms with Crippen LogP contribution >= 0.6 is 32.9 Å². The Morgan fingerprint density at radius 1 is 0.889 bits per heavy atom. The Hall–Kier alpha value is -3.31. The largest absolute Gasteiger partial charge is 0.497 e. The van der Waals surface area contributed by atoms with Crippen molar-refractivity contribution >= 4 is 43.9 Å². The van der Waals surface area contributed by atoms with Crippen LogP contribution in [0.25, 0.3) is 0 Å². The minimum absolute atomic E-state index is 0.00992. The predicted octanol–water partition coefficient (Wildman–Crippen LogP) is 5.77. The van der Waals surface area contributed by atoms with Crippen LogP contribution in [-0.2, 0) is 31.0 Å². The van der Waals surface area contributed by atoms with Crippen LogP contribution in [0.3, 0.4) is 0 Å². The molecule has 0 spiro atoms. The van der Waals surface area contributed by atoms with Crippen LogP contribution in [0.15, 0.2) is 66.7 Å². The number of carbonyl (C=O) groups is 1. The van der Waals surface area contributed by atoms with Gasteiger partial charge in [0.15, 0.2) is 15.5 Å². The molecule has 0 atom stereocenters. The molecule has 0 saturated heterocycles. The lowest BCUT2D eigenvalue weighted by atomic mass is 10.1. The number of amides is 1. The topological polar surface area (TPSA) is 89.9 Å². The molecule has 0 aliphatic heterocycles. The predicted molar refractivity (Wildman–Crippen MR) is 144 cm³/mol. The molecule has 0 fully saturated rings. The van der Waals surface area contributed by atoms with Crippen LogP contribution in [0.1, 0.15) is 22.3 Å². The molecule has 7 nitrogen and oxygen atoms in total. The normalized spacial score (nSPS) is 10.6. The first-order chi connectivity index (χ1) is 17.5. The number of hydrogen-bond acceptors (Lipinski definition) is 9. The number of benzene rings is 3. The summed E-state index contributed by atoms with van der Waals surface area (Å²) in [6.45, 7) is 0.645. The molecule has 4 rings (SSSR count). The Bertz CT molecular complexity index is 1350. The van der Waals surface area contributed by atoms with Gasteiger partial charge in [-0.3, -0.25) is 4.79 Å². The molecule has 4 aromatic rings. The Morgan fingerprint density at radius 2 is 1.50 bits per heavy atom. The molecule has 1 heterocycles. The average molecular weight is 541 g/mol. The van der Waals surface area contributed by atoms with E-state index in [1.807, 2.05) is 66.7 Å². The van der Waals surface area contributed by atoms with E-state index in [-0.39, 0.29) is 18.9 Å². The molecular formula is C26H24N2O5S3. The third kappa shape index (κ3) is 7.34. The first-order valence-corrected chi connectivity index (χ1v) is 13.6. The minimum Gasteiger partial charge on any atom is -0.497 e. The SMILES string of the molecule is COc1ccc(COc2ccc(CC(=O)Nc3nc(=S)ss3)cc2OCc2ccc(CO)cc2)cc1. The first kappa shape index (κ1) is 25.8. The monoisotopic (exact) mass is 540 g/mol. The van der Waals surface area contributed by atoms with E-state index in [9.17, 15) is 9.90 Å². The highest BCUT2D eigenvalue weighted by atomic mass is 32.9. The summed E-state index contributed by atoms with van der Waals surface area (Å²) >= 11 is 5.02. The van der Waals surface area contributed by atoms with Crippen LogP contribution in [-0.4, -0.2) is 23.1 Å². The third-order valence-electron chi connectivity index (χ3n) is 5.16. The zero-order valence-corrected chi connectivity index (χ0v) is 21.9. The lowest BCUT2D eigenvalue weighted by Gasteiger charge is -2.15. The highest BCUT2D eigenvalue weighted by Crippen LogP contribution is 2.31. The smallest absolute Gasteiger partial charge is 0.230 e. The number of nitrogens with zero attached hydrogens (tertiary/aromatic N) is 1. The van der Waals surface area contributed by atoms with E-state index in [0.29, 0.717) is 33.8 Å². The zero-order valence-electron chi connectivity index (χ0n) is 19.4. The number of methoxy groups -OCH3 is 1. The molecule has 0 radical (unpaired) electrons. The summed E-state index contributed by atoms with van der Waals surface area (Å²) in [5.74, 6) is 1.69. The highest BCUT2D eigenvalue weighted by molar-refractivity contribution is 7.79. The number of aliphatic hydroxyl groups is 1. The van der Waals surface area contributed by atoms with Gasteiger partial charge in [0.25, 0.3) is 0 Å². The molecule has 186 valence electrons. The second-order valence-electron chi connectivity index (χ2n) is 7.76. The number of anilines is 1. The zero-order chi connectivity index (χ0) is 25.3. The highest BCUT2D eigenvalue weighted by Gasteiger charge is 2.12. The number of aliphatic hydroxyl groups excluding tert-OH is 1. The standard InChI is InChI=1S/C26H24N2O5S3/c1-31-21-9-6-19(7-10-21)15-32-22-11-8-20(13-24(30)27-25-28-26(34)36-35-25)12-23(22)33-16-18-4-2-17(14-29)3-5-18/h2-12,29H,13-16H2,1H3,(H,27,28,30,34). The van der Waals surface area contributed by atoms with Gasteiger partial charge in [-0.1, -0.05) is 42.5 Å². The van der Waals surface area contributed by atoms with Gasteiger partial charge in [0, 0.05) is 0 Å². The summed E-state index contributed by atoms with van der Waals surface area (Å²) in [4.78, 5) is 16.6. The number of rotatable bonds is 11. The van der Waals surface area contributed by atoms with E-state index >= 15 is 0 Å². The molecule has 0 bridgehead atoms. The Balaban J connectivity index is 1.48. The Kier molecular flexibility index (Phi) is 9.01. The fourth-order valence-corrected chi connectivity index (χ4v) is 5.15. The molecule has 0 saturated carbocycles. The number of carbonyl (C=O) groups excluding carboxylic acids is 1. The minimum atomic E-state index is -0.191. The van der Waals surface area contributed by atoms with Crippen molar-refractivity contribution in [2.24, 2.45) is 0 Å². The van der Waals surface area contributed by atoms with Gasteiger partial charge in [-0.15, -0.1) is 0 Å². The van der Waals surface area contributed by atoms with E-state index in [2.05, 4.69) is 10.3 Å². The summed E-state index contributed by atoms with van der Waals surface area (Å²) in [6.07, 6.45) is 0.150. The Labute approximate surface area is 221 Å². The van der Waals surface area contributed by atoms with E-state index < -0.39 is 0 Å². The molecule has 0 unspecified atom stereocenters. The van der Waals surface area contributed by atoms with Crippen molar-refractivity contribution in [1.82, 2.24) is 4.98 Å². The molecular weight excluding hydrogens is 516 g/mol. The van der Waals surface area contributed by atoms with Crippen LogP contribution < -0.4 is 19.5 Å². The third-order valence-corrected chi connectivity index (χ3v) is 7.68. The van der Waals surface area contributed by atoms with E-state index in [0.717, 1.165) is 28.0 Å². The molecule has 0 aliphatic carbocycles. The van der Waals surface area contributed by atoms with Crippen molar-refractivity contribution in [1.29, 1.82) is 0 Å². The maximum atomic E-state index is 12.5. The van der Waals surface area contributed by atoms with Gasteiger partial charge in [0.2, 0.25) is 11.0 Å². The van der Waals surface area contributed by atoms with Crippen molar-refractivity contribution < 1.29 is 24.1 Å². The number of aromatic nitrogens is 1. The van der Waals surface area contributed by atoms with E-state index in [1.165, 1.54) is 20.7 Å². The number of ether oxygens (including phenoxy) is 3. The quantitative estimate of drug-likeness (QED) is 0.184. The molecule has 10 heteroatoms. The molecule has 1 aromatic heterocycles. The fourth-order valence-electron chi connectivity index (χ4n) is 3.27. The van der Waals surface area contributed by atoms with Gasteiger partial charge in [-0.2, -0.15) is 4.98 Å². The van der Waals surface area contributed by atoms with Crippen LogP contribution in [0.4, 0.5) is 5.13 Å². The summed E-state index contributed by atoms with van der Waals surface area (Å²) in [7, 11) is 4.31. The summed E-state index contributed by atoms with van der Waals surface area (Å²) in [5, 5.41) is 12.5. The molecule has 36 heavy (non-hydrogen) atoms. The van der Waals surface area contributed by atoms with E-state index in [1.54, 1.807) is 7.11 Å². The van der Waals surface area contributed by atoms with Gasteiger partial charge in [0.05, 0.1) is 20.1 Å². The maximum Gasteiger partial charge on any atom is 0.230 e. The van der Waals surface area contributed by atoms with Crippen LogP contribution in [0.2, 0.25) is 0 Å².